The number of hydrogen-bond donors (Lipinski definition) is 0. The van der Waals surface area contributed by atoms with Crippen molar-refractivity contribution >= 4 is 22.7 Å². The van der Waals surface area contributed by atoms with Crippen LogP contribution >= 0.6 is 0 Å². The Labute approximate surface area is 193 Å². The van der Waals surface area contributed by atoms with E-state index >= 15 is 0 Å². The fourth-order valence-corrected chi connectivity index (χ4v) is 5.23. The summed E-state index contributed by atoms with van der Waals surface area (Å²) in [4.78, 5) is 27.6. The van der Waals surface area contributed by atoms with Gasteiger partial charge in [0.05, 0.1) is 21.9 Å². The van der Waals surface area contributed by atoms with Crippen LogP contribution in [-0.4, -0.2) is 16.1 Å². The zero-order chi connectivity index (χ0) is 22.8. The Bertz CT molecular complexity index is 1380. The number of para-hydroxylation sites is 2. The zero-order valence-electron chi connectivity index (χ0n) is 17.4. The Morgan fingerprint density at radius 2 is 1.21 bits per heavy atom. The monoisotopic (exact) mass is 454 g/mol. The first-order valence-electron chi connectivity index (χ1n) is 10.3. The molecule has 0 radical (unpaired) electrons. The fraction of sp³-hybridized carbons (Fsp3) is 0.0370. The van der Waals surface area contributed by atoms with E-state index in [1.165, 1.54) is 6.07 Å². The Balaban J connectivity index is 1.61. The molecule has 162 valence electrons. The minimum atomic E-state index is -1.48. The minimum absolute atomic E-state index is 0.0647. The third-order valence-electron chi connectivity index (χ3n) is 5.34. The fourth-order valence-electron chi connectivity index (χ4n) is 3.82. The molecule has 1 atom stereocenters. The van der Waals surface area contributed by atoms with Crippen LogP contribution in [-0.2, 0) is 17.2 Å². The van der Waals surface area contributed by atoms with E-state index in [9.17, 15) is 13.8 Å². The molecule has 0 saturated carbocycles. The average Bonchev–Trinajstić information content (AvgIpc) is 2.84. The lowest BCUT2D eigenvalue weighted by atomic mass is 9.95. The Morgan fingerprint density at radius 3 is 1.88 bits per heavy atom. The van der Waals surface area contributed by atoms with Crippen molar-refractivity contribution in [3.63, 3.8) is 0 Å². The topological polar surface area (TPSA) is 69.7 Å². The van der Waals surface area contributed by atoms with Crippen LogP contribution in [0.4, 0.5) is 0 Å². The van der Waals surface area contributed by atoms with Crippen LogP contribution in [0.1, 0.15) is 31.8 Å². The molecule has 4 aromatic rings. The highest BCUT2D eigenvalue weighted by molar-refractivity contribution is 7.85. The van der Waals surface area contributed by atoms with Crippen molar-refractivity contribution in [1.82, 2.24) is 0 Å². The lowest BCUT2D eigenvalue weighted by Crippen LogP contribution is -2.23. The van der Waals surface area contributed by atoms with Gasteiger partial charge in [-0.05, 0) is 53.6 Å². The number of carbonyl (C=O) groups excluding carboxylic acids is 2. The van der Waals surface area contributed by atoms with E-state index in [1.54, 1.807) is 54.6 Å². The molecular formula is C27H18O5S. The second-order valence-corrected chi connectivity index (χ2v) is 8.84. The predicted octanol–water partition coefficient (Wildman–Crippen LogP) is 5.20. The quantitative estimate of drug-likeness (QED) is 0.276. The number of carbonyl (C=O) groups is 2. The number of hydrogen-bond acceptors (Lipinski definition) is 5. The van der Waals surface area contributed by atoms with E-state index in [-0.39, 0.29) is 11.1 Å². The lowest BCUT2D eigenvalue weighted by Gasteiger charge is -2.22. The summed E-state index contributed by atoms with van der Waals surface area (Å²) in [5, 5.41) is 0. The van der Waals surface area contributed by atoms with Crippen LogP contribution in [0.25, 0.3) is 0 Å². The number of ether oxygens (including phenoxy) is 2. The maximum absolute atomic E-state index is 13.4. The molecule has 1 aliphatic rings. The first kappa shape index (κ1) is 20.8. The lowest BCUT2D eigenvalue weighted by molar-refractivity contribution is 0.0690. The predicted molar refractivity (Wildman–Crippen MR) is 123 cm³/mol. The molecule has 5 nitrogen and oxygen atoms in total. The molecule has 0 spiro atoms. The van der Waals surface area contributed by atoms with E-state index in [0.717, 1.165) is 5.56 Å². The molecule has 1 unspecified atom stereocenters. The summed E-state index contributed by atoms with van der Waals surface area (Å²) in [6, 6.07) is 27.7. The van der Waals surface area contributed by atoms with Crippen LogP contribution in [0, 0.1) is 0 Å². The van der Waals surface area contributed by atoms with Crippen molar-refractivity contribution in [1.29, 1.82) is 0 Å². The van der Waals surface area contributed by atoms with Crippen LogP contribution < -0.4 is 9.47 Å². The minimum Gasteiger partial charge on any atom is -0.423 e. The molecule has 0 saturated heterocycles. The van der Waals surface area contributed by atoms with Gasteiger partial charge in [-0.25, -0.2) is 13.8 Å². The number of esters is 2. The molecule has 33 heavy (non-hydrogen) atoms. The number of rotatable bonds is 4. The molecule has 0 aromatic heterocycles. The summed E-state index contributed by atoms with van der Waals surface area (Å²) in [6.45, 7) is 0. The maximum atomic E-state index is 13.4. The molecule has 0 bridgehead atoms. The van der Waals surface area contributed by atoms with E-state index < -0.39 is 22.7 Å². The number of fused-ring (bicyclic) bond motifs is 2. The van der Waals surface area contributed by atoms with Crippen LogP contribution in [0.15, 0.2) is 107 Å². The molecule has 0 aliphatic carbocycles. The van der Waals surface area contributed by atoms with Gasteiger partial charge < -0.3 is 9.47 Å². The highest BCUT2D eigenvalue weighted by Gasteiger charge is 2.31. The largest absolute Gasteiger partial charge is 0.423 e. The Morgan fingerprint density at radius 1 is 0.636 bits per heavy atom. The summed E-state index contributed by atoms with van der Waals surface area (Å²) in [6.07, 6.45) is 0.350. The van der Waals surface area contributed by atoms with Gasteiger partial charge in [-0.15, -0.1) is 0 Å². The van der Waals surface area contributed by atoms with E-state index in [4.69, 9.17) is 9.47 Å². The normalized spacial score (nSPS) is 14.0. The second kappa shape index (κ2) is 8.84. The molecule has 1 heterocycles. The zero-order valence-corrected chi connectivity index (χ0v) is 18.2. The summed E-state index contributed by atoms with van der Waals surface area (Å²) in [5.41, 5.74) is 1.48. The summed E-state index contributed by atoms with van der Waals surface area (Å²) in [5.74, 6) is -0.681. The first-order valence-corrected chi connectivity index (χ1v) is 11.5. The maximum Gasteiger partial charge on any atom is 0.344 e. The second-order valence-electron chi connectivity index (χ2n) is 7.42. The smallest absolute Gasteiger partial charge is 0.344 e. The molecular weight excluding hydrogens is 436 g/mol. The molecule has 0 fully saturated rings. The summed E-state index contributed by atoms with van der Waals surface area (Å²) < 4.78 is 24.3. The molecule has 5 rings (SSSR count). The van der Waals surface area contributed by atoms with Crippen LogP contribution in [0.5, 0.6) is 11.5 Å². The molecule has 0 amide bonds. The Hall–Kier alpha value is -4.03. The van der Waals surface area contributed by atoms with Gasteiger partial charge in [-0.1, -0.05) is 54.6 Å². The highest BCUT2D eigenvalue weighted by atomic mass is 32.2. The van der Waals surface area contributed by atoms with Crippen molar-refractivity contribution < 1.29 is 23.3 Å². The highest BCUT2D eigenvalue weighted by Crippen LogP contribution is 2.35. The van der Waals surface area contributed by atoms with E-state index in [1.807, 2.05) is 36.4 Å². The van der Waals surface area contributed by atoms with Gasteiger partial charge in [0.2, 0.25) is 0 Å². The third kappa shape index (κ3) is 4.08. The van der Waals surface area contributed by atoms with Crippen LogP contribution in [0.3, 0.4) is 0 Å². The number of benzene rings is 4. The van der Waals surface area contributed by atoms with Crippen molar-refractivity contribution in [2.45, 2.75) is 16.2 Å². The van der Waals surface area contributed by atoms with Crippen LogP contribution in [0.2, 0.25) is 0 Å². The molecule has 4 aromatic carbocycles. The van der Waals surface area contributed by atoms with Gasteiger partial charge in [0.1, 0.15) is 11.5 Å². The van der Waals surface area contributed by atoms with Gasteiger partial charge >= 0.3 is 11.9 Å². The SMILES string of the molecule is O=C(Oc1ccccc1)c1ccc2c(c1C(=O)Oc1ccccc1)Cc1ccccc1S2=O. The van der Waals surface area contributed by atoms with Crippen molar-refractivity contribution in [3.05, 3.63) is 119 Å². The molecule has 1 aliphatic heterocycles. The van der Waals surface area contributed by atoms with Gasteiger partial charge in [-0.2, -0.15) is 0 Å². The van der Waals surface area contributed by atoms with Gasteiger partial charge in [0.25, 0.3) is 0 Å². The van der Waals surface area contributed by atoms with Crippen molar-refractivity contribution in [2.24, 2.45) is 0 Å². The third-order valence-corrected chi connectivity index (χ3v) is 6.92. The standard InChI is InChI=1S/C27H18O5S/c28-26(31-19-10-3-1-4-11-19)21-15-16-24-22(17-18-9-7-8-14-23(18)33(24)30)25(21)27(29)32-20-12-5-2-6-13-20/h1-16H,17H2. The van der Waals surface area contributed by atoms with E-state index in [2.05, 4.69) is 0 Å². The molecule has 6 heteroatoms. The average molecular weight is 455 g/mol. The van der Waals surface area contributed by atoms with E-state index in [0.29, 0.717) is 33.3 Å². The molecule has 0 N–H and O–H groups in total. The summed E-state index contributed by atoms with van der Waals surface area (Å²) in [7, 11) is -1.48. The van der Waals surface area contributed by atoms with Crippen molar-refractivity contribution in [2.75, 3.05) is 0 Å². The van der Waals surface area contributed by atoms with Gasteiger partial charge in [0, 0.05) is 16.2 Å². The van der Waals surface area contributed by atoms with Crippen molar-refractivity contribution in [3.8, 4) is 11.5 Å². The Kier molecular flexibility index (Phi) is 5.59. The summed E-state index contributed by atoms with van der Waals surface area (Å²) >= 11 is 0. The van der Waals surface area contributed by atoms with Gasteiger partial charge in [0.15, 0.2) is 0 Å². The van der Waals surface area contributed by atoms with Gasteiger partial charge in [-0.3, -0.25) is 0 Å². The first-order chi connectivity index (χ1) is 16.1.